The van der Waals surface area contributed by atoms with Gasteiger partial charge in [0, 0.05) is 25.5 Å². The molecule has 8 nitrogen and oxygen atoms in total. The fourth-order valence-electron chi connectivity index (χ4n) is 2.71. The van der Waals surface area contributed by atoms with E-state index in [9.17, 15) is 4.79 Å². The second kappa shape index (κ2) is 6.31. The second-order valence-corrected chi connectivity index (χ2v) is 5.65. The number of hydrogen-bond acceptors (Lipinski definition) is 7. The number of carbonyl (C=O) groups excluding carboxylic acids is 1. The van der Waals surface area contributed by atoms with Crippen molar-refractivity contribution in [3.05, 3.63) is 54.4 Å². The van der Waals surface area contributed by atoms with Crippen LogP contribution in [-0.4, -0.2) is 51.1 Å². The monoisotopic (exact) mass is 337 g/mol. The van der Waals surface area contributed by atoms with Gasteiger partial charge in [-0.15, -0.1) is 0 Å². The van der Waals surface area contributed by atoms with E-state index in [1.54, 1.807) is 12.0 Å². The third kappa shape index (κ3) is 2.82. The Morgan fingerprint density at radius 1 is 1.28 bits per heavy atom. The van der Waals surface area contributed by atoms with Crippen molar-refractivity contribution in [1.82, 2.24) is 25.0 Å². The van der Waals surface area contributed by atoms with Crippen LogP contribution in [0.5, 0.6) is 5.75 Å². The zero-order valence-corrected chi connectivity index (χ0v) is 13.5. The van der Waals surface area contributed by atoms with Gasteiger partial charge in [-0.2, -0.15) is 4.98 Å². The van der Waals surface area contributed by atoms with Gasteiger partial charge in [0.05, 0.1) is 24.8 Å². The van der Waals surface area contributed by atoms with E-state index in [1.807, 2.05) is 24.3 Å². The molecule has 1 aliphatic heterocycles. The summed E-state index contributed by atoms with van der Waals surface area (Å²) in [5, 5.41) is 4.03. The summed E-state index contributed by atoms with van der Waals surface area (Å²) >= 11 is 0. The number of aromatic nitrogens is 4. The molecule has 0 N–H and O–H groups in total. The van der Waals surface area contributed by atoms with Crippen molar-refractivity contribution in [2.24, 2.45) is 0 Å². The Hall–Kier alpha value is -3.29. The number of benzene rings is 1. The van der Waals surface area contributed by atoms with Crippen LogP contribution in [0.1, 0.15) is 22.3 Å². The maximum atomic E-state index is 12.3. The number of rotatable bonds is 4. The Morgan fingerprint density at radius 2 is 2.12 bits per heavy atom. The Labute approximate surface area is 143 Å². The van der Waals surface area contributed by atoms with Gasteiger partial charge in [-0.3, -0.25) is 9.78 Å². The summed E-state index contributed by atoms with van der Waals surface area (Å²) in [4.78, 5) is 26.3. The zero-order valence-electron chi connectivity index (χ0n) is 13.5. The number of para-hydroxylation sites is 1. The summed E-state index contributed by atoms with van der Waals surface area (Å²) in [6, 6.07) is 7.48. The maximum absolute atomic E-state index is 12.3. The molecule has 3 heterocycles. The lowest BCUT2D eigenvalue weighted by molar-refractivity contribution is 0.0562. The molecule has 8 heteroatoms. The minimum Gasteiger partial charge on any atom is -0.496 e. The van der Waals surface area contributed by atoms with Crippen molar-refractivity contribution in [2.75, 3.05) is 20.2 Å². The van der Waals surface area contributed by atoms with Crippen molar-refractivity contribution in [3.8, 4) is 17.1 Å². The highest BCUT2D eigenvalue weighted by molar-refractivity contribution is 5.92. The van der Waals surface area contributed by atoms with E-state index >= 15 is 0 Å². The highest BCUT2D eigenvalue weighted by Crippen LogP contribution is 2.31. The Balaban J connectivity index is 1.45. The maximum Gasteiger partial charge on any atom is 0.274 e. The Morgan fingerprint density at radius 3 is 2.88 bits per heavy atom. The van der Waals surface area contributed by atoms with Crippen molar-refractivity contribution >= 4 is 5.91 Å². The van der Waals surface area contributed by atoms with Gasteiger partial charge in [0.2, 0.25) is 11.7 Å². The predicted octanol–water partition coefficient (Wildman–Crippen LogP) is 1.77. The molecule has 3 aromatic rings. The molecule has 1 amide bonds. The van der Waals surface area contributed by atoms with Gasteiger partial charge in [0.1, 0.15) is 11.4 Å². The fourth-order valence-corrected chi connectivity index (χ4v) is 2.71. The van der Waals surface area contributed by atoms with Gasteiger partial charge in [0.25, 0.3) is 5.91 Å². The molecule has 0 atom stereocenters. The Bertz CT molecular complexity index is 890. The van der Waals surface area contributed by atoms with Crippen LogP contribution in [0.3, 0.4) is 0 Å². The molecule has 0 saturated carbocycles. The largest absolute Gasteiger partial charge is 0.496 e. The van der Waals surface area contributed by atoms with Gasteiger partial charge in [-0.1, -0.05) is 17.3 Å². The van der Waals surface area contributed by atoms with Crippen LogP contribution >= 0.6 is 0 Å². The summed E-state index contributed by atoms with van der Waals surface area (Å²) in [5.74, 6) is 1.56. The highest BCUT2D eigenvalue weighted by atomic mass is 16.5. The Kier molecular flexibility index (Phi) is 3.85. The van der Waals surface area contributed by atoms with Crippen molar-refractivity contribution in [3.63, 3.8) is 0 Å². The van der Waals surface area contributed by atoms with E-state index in [0.29, 0.717) is 36.2 Å². The minimum absolute atomic E-state index is 0.0246. The molecule has 1 saturated heterocycles. The molecular weight excluding hydrogens is 322 g/mol. The number of likely N-dealkylation sites (tertiary alicyclic amines) is 1. The molecule has 1 aliphatic rings. The molecule has 1 fully saturated rings. The molecular formula is C17H15N5O3. The summed E-state index contributed by atoms with van der Waals surface area (Å²) in [6.07, 6.45) is 4.50. The van der Waals surface area contributed by atoms with E-state index < -0.39 is 0 Å². The molecule has 0 radical (unpaired) electrons. The van der Waals surface area contributed by atoms with Gasteiger partial charge in [0.15, 0.2) is 0 Å². The highest BCUT2D eigenvalue weighted by Gasteiger charge is 2.36. The van der Waals surface area contributed by atoms with E-state index in [0.717, 1.165) is 5.56 Å². The normalized spacial score (nSPS) is 14.2. The van der Waals surface area contributed by atoms with E-state index in [1.165, 1.54) is 18.6 Å². The first-order valence-corrected chi connectivity index (χ1v) is 7.78. The molecule has 0 aliphatic carbocycles. The molecule has 25 heavy (non-hydrogen) atoms. The van der Waals surface area contributed by atoms with Crippen LogP contribution < -0.4 is 4.74 Å². The molecule has 126 valence electrons. The fraction of sp³-hybridized carbons (Fsp3) is 0.235. The molecule has 1 aromatic carbocycles. The summed E-state index contributed by atoms with van der Waals surface area (Å²) in [7, 11) is 1.60. The third-order valence-electron chi connectivity index (χ3n) is 4.09. The van der Waals surface area contributed by atoms with E-state index in [4.69, 9.17) is 9.26 Å². The number of carbonyl (C=O) groups is 1. The van der Waals surface area contributed by atoms with Gasteiger partial charge >= 0.3 is 0 Å². The number of ether oxygens (including phenoxy) is 1. The molecule has 2 aromatic heterocycles. The lowest BCUT2D eigenvalue weighted by Gasteiger charge is -2.36. The van der Waals surface area contributed by atoms with Gasteiger partial charge in [-0.25, -0.2) is 4.98 Å². The van der Waals surface area contributed by atoms with Crippen LogP contribution in [0.15, 0.2) is 47.4 Å². The number of nitrogens with zero attached hydrogens (tertiary/aromatic N) is 5. The van der Waals surface area contributed by atoms with Gasteiger partial charge in [-0.05, 0) is 12.1 Å². The summed E-state index contributed by atoms with van der Waals surface area (Å²) in [5.41, 5.74) is 1.10. The quantitative estimate of drug-likeness (QED) is 0.716. The third-order valence-corrected chi connectivity index (χ3v) is 4.09. The van der Waals surface area contributed by atoms with E-state index in [2.05, 4.69) is 20.1 Å². The number of hydrogen-bond donors (Lipinski definition) is 0. The first kappa shape index (κ1) is 15.3. The second-order valence-electron chi connectivity index (χ2n) is 5.65. The van der Waals surface area contributed by atoms with Crippen LogP contribution in [0.4, 0.5) is 0 Å². The summed E-state index contributed by atoms with van der Waals surface area (Å²) in [6.45, 7) is 1.03. The molecule has 0 spiro atoms. The van der Waals surface area contributed by atoms with Gasteiger partial charge < -0.3 is 14.2 Å². The summed E-state index contributed by atoms with van der Waals surface area (Å²) < 4.78 is 10.7. The van der Waals surface area contributed by atoms with Crippen LogP contribution in [0.25, 0.3) is 11.4 Å². The molecule has 4 rings (SSSR count). The lowest BCUT2D eigenvalue weighted by Crippen LogP contribution is -2.48. The van der Waals surface area contributed by atoms with Crippen LogP contribution in [0.2, 0.25) is 0 Å². The average molecular weight is 337 g/mol. The first-order valence-electron chi connectivity index (χ1n) is 7.78. The first-order chi connectivity index (χ1) is 12.3. The minimum atomic E-state index is -0.145. The van der Waals surface area contributed by atoms with Crippen molar-refractivity contribution in [2.45, 2.75) is 5.92 Å². The molecule has 0 unspecified atom stereocenters. The average Bonchev–Trinajstić information content (AvgIpc) is 3.10. The van der Waals surface area contributed by atoms with E-state index in [-0.39, 0.29) is 11.8 Å². The van der Waals surface area contributed by atoms with Crippen molar-refractivity contribution in [1.29, 1.82) is 0 Å². The SMILES string of the molecule is COc1ccccc1-c1noc(C2CN(C(=O)c3cnccn3)C2)n1. The van der Waals surface area contributed by atoms with Crippen LogP contribution in [0, 0.1) is 0 Å². The van der Waals surface area contributed by atoms with Crippen LogP contribution in [-0.2, 0) is 0 Å². The number of methoxy groups -OCH3 is 1. The lowest BCUT2D eigenvalue weighted by atomic mass is 9.99. The zero-order chi connectivity index (χ0) is 17.2. The van der Waals surface area contributed by atoms with Crippen molar-refractivity contribution < 1.29 is 14.1 Å². The standard InChI is InChI=1S/C17H15N5O3/c1-24-14-5-3-2-4-12(14)15-20-16(25-21-15)11-9-22(10-11)17(23)13-8-18-6-7-19-13/h2-8,11H,9-10H2,1H3. The number of amides is 1. The topological polar surface area (TPSA) is 94.2 Å². The predicted molar refractivity (Wildman–Crippen MR) is 87.0 cm³/mol. The molecule has 0 bridgehead atoms. The smallest absolute Gasteiger partial charge is 0.274 e.